The van der Waals surface area contributed by atoms with Gasteiger partial charge < -0.3 is 5.73 Å². The molecule has 0 bridgehead atoms. The molecule has 0 spiro atoms. The van der Waals surface area contributed by atoms with E-state index in [1.54, 1.807) is 0 Å². The van der Waals surface area contributed by atoms with Crippen LogP contribution in [-0.2, 0) is 6.42 Å². The fourth-order valence-electron chi connectivity index (χ4n) is 2.45. The van der Waals surface area contributed by atoms with E-state index >= 15 is 0 Å². The van der Waals surface area contributed by atoms with E-state index < -0.39 is 0 Å². The van der Waals surface area contributed by atoms with Crippen LogP contribution < -0.4 is 5.73 Å². The largest absolute Gasteiger partial charge is 0.330 e. The number of hydrogen-bond acceptors (Lipinski definition) is 2. The van der Waals surface area contributed by atoms with Gasteiger partial charge >= 0.3 is 0 Å². The highest BCUT2D eigenvalue weighted by Gasteiger charge is 2.40. The second-order valence-electron chi connectivity index (χ2n) is 5.36. The Hall–Kier alpha value is -1.41. The molecule has 1 fully saturated rings. The fourth-order valence-corrected chi connectivity index (χ4v) is 2.45. The maximum atomic E-state index is 5.84. The first-order valence-corrected chi connectivity index (χ1v) is 6.27. The van der Waals surface area contributed by atoms with E-state index in [4.69, 9.17) is 5.73 Å². The second kappa shape index (κ2) is 3.81. The Labute approximate surface area is 102 Å². The highest BCUT2D eigenvalue weighted by atomic mass is 14.7. The summed E-state index contributed by atoms with van der Waals surface area (Å²) in [7, 11) is 0. The Morgan fingerprint density at radius 3 is 2.76 bits per heavy atom. The summed E-state index contributed by atoms with van der Waals surface area (Å²) >= 11 is 0. The lowest BCUT2D eigenvalue weighted by Gasteiger charge is -2.12. The molecule has 0 amide bonds. The molecule has 0 radical (unpaired) electrons. The summed E-state index contributed by atoms with van der Waals surface area (Å²) in [5, 5.41) is 1.24. The number of benzene rings is 1. The van der Waals surface area contributed by atoms with Crippen LogP contribution in [0.4, 0.5) is 0 Å². The maximum absolute atomic E-state index is 5.84. The maximum Gasteiger partial charge on any atom is 0.0705 e. The average Bonchev–Trinajstić information content (AvgIpc) is 3.10. The van der Waals surface area contributed by atoms with Gasteiger partial charge in [-0.25, -0.2) is 0 Å². The molecule has 3 rings (SSSR count). The Morgan fingerprint density at radius 1 is 1.24 bits per heavy atom. The van der Waals surface area contributed by atoms with Crippen molar-refractivity contribution < 1.29 is 0 Å². The van der Waals surface area contributed by atoms with Crippen LogP contribution in [0, 0.1) is 12.3 Å². The topological polar surface area (TPSA) is 38.9 Å². The molecule has 2 heteroatoms. The third kappa shape index (κ3) is 2.05. The molecule has 0 atom stereocenters. The third-order valence-electron chi connectivity index (χ3n) is 3.86. The van der Waals surface area contributed by atoms with Crippen molar-refractivity contribution in [3.8, 4) is 0 Å². The summed E-state index contributed by atoms with van der Waals surface area (Å²) in [4.78, 5) is 4.52. The summed E-state index contributed by atoms with van der Waals surface area (Å²) in [5.74, 6) is 0. The van der Waals surface area contributed by atoms with E-state index in [9.17, 15) is 0 Å². The summed E-state index contributed by atoms with van der Waals surface area (Å²) in [6, 6.07) is 10.8. The van der Waals surface area contributed by atoms with Crippen molar-refractivity contribution in [2.75, 3.05) is 6.54 Å². The highest BCUT2D eigenvalue weighted by molar-refractivity contribution is 5.79. The minimum atomic E-state index is 0.409. The predicted molar refractivity (Wildman–Crippen MR) is 70.9 cm³/mol. The van der Waals surface area contributed by atoms with Crippen molar-refractivity contribution in [2.24, 2.45) is 11.1 Å². The van der Waals surface area contributed by atoms with Crippen molar-refractivity contribution in [1.29, 1.82) is 0 Å². The number of aromatic nitrogens is 1. The molecule has 2 N–H and O–H groups in total. The number of pyridine rings is 1. The van der Waals surface area contributed by atoms with Crippen LogP contribution in [0.1, 0.15) is 24.1 Å². The first kappa shape index (κ1) is 10.7. The van der Waals surface area contributed by atoms with E-state index in [-0.39, 0.29) is 0 Å². The lowest BCUT2D eigenvalue weighted by atomic mass is 9.96. The number of nitrogens with zero attached hydrogens (tertiary/aromatic N) is 1. The van der Waals surface area contributed by atoms with Crippen LogP contribution in [0.25, 0.3) is 10.9 Å². The van der Waals surface area contributed by atoms with E-state index in [2.05, 4.69) is 35.3 Å². The molecule has 88 valence electrons. The van der Waals surface area contributed by atoms with Gasteiger partial charge in [0.25, 0.3) is 0 Å². The summed E-state index contributed by atoms with van der Waals surface area (Å²) in [5.41, 5.74) is 9.80. The minimum absolute atomic E-state index is 0.409. The van der Waals surface area contributed by atoms with Crippen molar-refractivity contribution in [2.45, 2.75) is 26.2 Å². The lowest BCUT2D eigenvalue weighted by molar-refractivity contribution is 0.521. The monoisotopic (exact) mass is 226 g/mol. The van der Waals surface area contributed by atoms with Gasteiger partial charge in [0.15, 0.2) is 0 Å². The lowest BCUT2D eigenvalue weighted by Crippen LogP contribution is -2.17. The Morgan fingerprint density at radius 2 is 2.06 bits per heavy atom. The van der Waals surface area contributed by atoms with Gasteiger partial charge in [-0.15, -0.1) is 0 Å². The number of fused-ring (bicyclic) bond motifs is 1. The Kier molecular flexibility index (Phi) is 2.40. The second-order valence-corrected chi connectivity index (χ2v) is 5.36. The molecule has 2 nitrogen and oxygen atoms in total. The molecule has 1 heterocycles. The van der Waals surface area contributed by atoms with Crippen LogP contribution in [0.2, 0.25) is 0 Å². The van der Waals surface area contributed by atoms with E-state index in [1.165, 1.54) is 23.8 Å². The van der Waals surface area contributed by atoms with Crippen LogP contribution >= 0.6 is 0 Å². The van der Waals surface area contributed by atoms with Gasteiger partial charge in [0.05, 0.1) is 5.52 Å². The Balaban J connectivity index is 1.94. The van der Waals surface area contributed by atoms with Crippen molar-refractivity contribution in [1.82, 2.24) is 4.98 Å². The molecule has 0 unspecified atom stereocenters. The fraction of sp³-hybridized carbons (Fsp3) is 0.400. The quantitative estimate of drug-likeness (QED) is 0.874. The standard InChI is InChI=1S/C15H18N2/c1-11-2-4-13-8-12(3-5-14(13)17-11)9-15(10-16)6-7-15/h2-5,8H,6-7,9-10,16H2,1H3. The average molecular weight is 226 g/mol. The summed E-state index contributed by atoms with van der Waals surface area (Å²) < 4.78 is 0. The van der Waals surface area contributed by atoms with E-state index in [0.717, 1.165) is 24.2 Å². The number of nitrogens with two attached hydrogens (primary N) is 1. The number of aryl methyl sites for hydroxylation is 1. The molecule has 0 saturated heterocycles. The zero-order valence-electron chi connectivity index (χ0n) is 10.2. The van der Waals surface area contributed by atoms with Gasteiger partial charge in [0.2, 0.25) is 0 Å². The van der Waals surface area contributed by atoms with Crippen LogP contribution in [0.15, 0.2) is 30.3 Å². The third-order valence-corrected chi connectivity index (χ3v) is 3.86. The SMILES string of the molecule is Cc1ccc2cc(CC3(CN)CC3)ccc2n1. The molecule has 1 saturated carbocycles. The molecule has 2 aromatic rings. The summed E-state index contributed by atoms with van der Waals surface area (Å²) in [6.07, 6.45) is 3.69. The zero-order valence-corrected chi connectivity index (χ0v) is 10.2. The molecule has 17 heavy (non-hydrogen) atoms. The van der Waals surface area contributed by atoms with Crippen molar-refractivity contribution in [3.05, 3.63) is 41.6 Å². The number of hydrogen-bond donors (Lipinski definition) is 1. The van der Waals surface area contributed by atoms with Gasteiger partial charge in [0.1, 0.15) is 0 Å². The molecule has 1 aliphatic carbocycles. The smallest absolute Gasteiger partial charge is 0.0705 e. The molecule has 0 aliphatic heterocycles. The summed E-state index contributed by atoms with van der Waals surface area (Å²) in [6.45, 7) is 2.85. The van der Waals surface area contributed by atoms with Gasteiger partial charge in [-0.3, -0.25) is 4.98 Å². The van der Waals surface area contributed by atoms with Gasteiger partial charge in [-0.1, -0.05) is 12.1 Å². The van der Waals surface area contributed by atoms with Crippen LogP contribution in [0.5, 0.6) is 0 Å². The molecule has 1 aromatic carbocycles. The molecule has 1 aliphatic rings. The zero-order chi connectivity index (χ0) is 11.9. The van der Waals surface area contributed by atoms with E-state index in [1.807, 2.05) is 6.92 Å². The first-order chi connectivity index (χ1) is 8.21. The van der Waals surface area contributed by atoms with Crippen LogP contribution in [-0.4, -0.2) is 11.5 Å². The van der Waals surface area contributed by atoms with Crippen molar-refractivity contribution in [3.63, 3.8) is 0 Å². The molecular formula is C15H18N2. The van der Waals surface area contributed by atoms with Crippen LogP contribution in [0.3, 0.4) is 0 Å². The first-order valence-electron chi connectivity index (χ1n) is 6.27. The molecular weight excluding hydrogens is 208 g/mol. The van der Waals surface area contributed by atoms with Crippen molar-refractivity contribution >= 4 is 10.9 Å². The predicted octanol–water partition coefficient (Wildman–Crippen LogP) is 2.82. The van der Waals surface area contributed by atoms with E-state index in [0.29, 0.717) is 5.41 Å². The van der Waals surface area contributed by atoms with Gasteiger partial charge in [-0.05, 0) is 61.9 Å². The normalized spacial score (nSPS) is 17.3. The number of rotatable bonds is 3. The minimum Gasteiger partial charge on any atom is -0.330 e. The highest BCUT2D eigenvalue weighted by Crippen LogP contribution is 2.47. The Bertz CT molecular complexity index is 556. The van der Waals surface area contributed by atoms with Gasteiger partial charge in [-0.2, -0.15) is 0 Å². The van der Waals surface area contributed by atoms with Gasteiger partial charge in [0, 0.05) is 11.1 Å². The molecule has 1 aromatic heterocycles.